The van der Waals surface area contributed by atoms with E-state index in [0.29, 0.717) is 5.75 Å². The summed E-state index contributed by atoms with van der Waals surface area (Å²) in [5, 5.41) is 16.1. The van der Waals surface area contributed by atoms with Gasteiger partial charge < -0.3 is 15.7 Å². The molecule has 14 heavy (non-hydrogen) atoms. The summed E-state index contributed by atoms with van der Waals surface area (Å²) in [4.78, 5) is 0. The van der Waals surface area contributed by atoms with E-state index in [1.165, 1.54) is 0 Å². The minimum atomic E-state index is 0.336. The molecule has 0 bridgehead atoms. The summed E-state index contributed by atoms with van der Waals surface area (Å²) in [5.41, 5.74) is 2.93. The molecular weight excluding hydrogens is 176 g/mol. The highest BCUT2D eigenvalue weighted by molar-refractivity contribution is 5.75. The molecule has 0 aromatic heterocycles. The molecule has 0 aliphatic carbocycles. The molecule has 0 spiro atoms. The summed E-state index contributed by atoms with van der Waals surface area (Å²) in [5.74, 6) is 0.336. The summed E-state index contributed by atoms with van der Waals surface area (Å²) in [6, 6.07) is 3.61. The Morgan fingerprint density at radius 3 is 2.36 bits per heavy atom. The summed E-state index contributed by atoms with van der Waals surface area (Å²) < 4.78 is 0. The van der Waals surface area contributed by atoms with Crippen LogP contribution >= 0.6 is 0 Å². The first-order valence-electron chi connectivity index (χ1n) is 5.01. The highest BCUT2D eigenvalue weighted by Crippen LogP contribution is 2.31. The first kappa shape index (κ1) is 10.7. The number of hydrogen-bond donors (Lipinski definition) is 3. The quantitative estimate of drug-likeness (QED) is 0.645. The van der Waals surface area contributed by atoms with Crippen LogP contribution in [0.3, 0.4) is 0 Å². The maximum atomic E-state index is 9.55. The van der Waals surface area contributed by atoms with E-state index in [-0.39, 0.29) is 0 Å². The third-order valence-corrected chi connectivity index (χ3v) is 2.16. The molecule has 1 aromatic rings. The summed E-state index contributed by atoms with van der Waals surface area (Å²) in [6.45, 7) is 7.73. The molecule has 3 heteroatoms. The second-order valence-electron chi connectivity index (χ2n) is 3.19. The topological polar surface area (TPSA) is 44.3 Å². The van der Waals surface area contributed by atoms with Gasteiger partial charge in [0.05, 0.1) is 11.4 Å². The van der Waals surface area contributed by atoms with Gasteiger partial charge in [-0.1, -0.05) is 0 Å². The third-order valence-electron chi connectivity index (χ3n) is 2.16. The summed E-state index contributed by atoms with van der Waals surface area (Å²) >= 11 is 0. The standard InChI is InChI=1S/C11H18N2O/c1-4-12-9-6-7-10(14)8(3)11(9)13-5-2/h6-7,12-14H,4-5H2,1-3H3. The molecule has 0 amide bonds. The lowest BCUT2D eigenvalue weighted by atomic mass is 10.1. The van der Waals surface area contributed by atoms with Crippen LogP contribution in [0.2, 0.25) is 0 Å². The second-order valence-corrected chi connectivity index (χ2v) is 3.19. The number of anilines is 2. The van der Waals surface area contributed by atoms with Crippen LogP contribution < -0.4 is 10.6 Å². The smallest absolute Gasteiger partial charge is 0.120 e. The highest BCUT2D eigenvalue weighted by atomic mass is 16.3. The molecular formula is C11H18N2O. The van der Waals surface area contributed by atoms with Gasteiger partial charge in [-0.3, -0.25) is 0 Å². The van der Waals surface area contributed by atoms with Gasteiger partial charge in [-0.2, -0.15) is 0 Å². The predicted molar refractivity (Wildman–Crippen MR) is 61.2 cm³/mol. The summed E-state index contributed by atoms with van der Waals surface area (Å²) in [7, 11) is 0. The maximum absolute atomic E-state index is 9.55. The molecule has 0 saturated heterocycles. The number of benzene rings is 1. The van der Waals surface area contributed by atoms with Gasteiger partial charge in [0.1, 0.15) is 5.75 Å². The number of nitrogens with one attached hydrogen (secondary N) is 2. The Morgan fingerprint density at radius 1 is 1.14 bits per heavy atom. The fraction of sp³-hybridized carbons (Fsp3) is 0.455. The van der Waals surface area contributed by atoms with Crippen LogP contribution in [0.5, 0.6) is 5.75 Å². The molecule has 0 atom stereocenters. The van der Waals surface area contributed by atoms with Crippen LogP contribution in [0.25, 0.3) is 0 Å². The fourth-order valence-corrected chi connectivity index (χ4v) is 1.44. The van der Waals surface area contributed by atoms with E-state index in [9.17, 15) is 5.11 Å². The second kappa shape index (κ2) is 4.74. The molecule has 0 unspecified atom stereocenters. The Hall–Kier alpha value is -1.38. The van der Waals surface area contributed by atoms with Crippen LogP contribution in [0, 0.1) is 6.92 Å². The van der Waals surface area contributed by atoms with Crippen molar-refractivity contribution in [1.82, 2.24) is 0 Å². The SMILES string of the molecule is CCNc1ccc(O)c(C)c1NCC. The zero-order valence-corrected chi connectivity index (χ0v) is 9.02. The normalized spacial score (nSPS) is 9.93. The predicted octanol–water partition coefficient (Wildman–Crippen LogP) is 2.56. The number of phenols is 1. The monoisotopic (exact) mass is 194 g/mol. The van der Waals surface area contributed by atoms with E-state index in [4.69, 9.17) is 0 Å². The molecule has 78 valence electrons. The zero-order valence-electron chi connectivity index (χ0n) is 9.02. The van der Waals surface area contributed by atoms with E-state index in [0.717, 1.165) is 30.0 Å². The molecule has 0 fully saturated rings. The number of phenolic OH excluding ortho intramolecular Hbond substituents is 1. The van der Waals surface area contributed by atoms with Gasteiger partial charge in [0, 0.05) is 18.7 Å². The average Bonchev–Trinajstić information content (AvgIpc) is 2.18. The lowest BCUT2D eigenvalue weighted by Gasteiger charge is -2.15. The van der Waals surface area contributed by atoms with E-state index in [2.05, 4.69) is 17.6 Å². The lowest BCUT2D eigenvalue weighted by molar-refractivity contribution is 0.471. The molecule has 0 heterocycles. The van der Waals surface area contributed by atoms with E-state index in [1.807, 2.05) is 19.9 Å². The Bertz CT molecular complexity index is 310. The Labute approximate surface area is 85.2 Å². The maximum Gasteiger partial charge on any atom is 0.120 e. The van der Waals surface area contributed by atoms with Gasteiger partial charge in [0.25, 0.3) is 0 Å². The molecule has 0 aliphatic rings. The van der Waals surface area contributed by atoms with Gasteiger partial charge in [-0.25, -0.2) is 0 Å². The molecule has 3 nitrogen and oxygen atoms in total. The van der Waals surface area contributed by atoms with Gasteiger partial charge in [-0.15, -0.1) is 0 Å². The largest absolute Gasteiger partial charge is 0.508 e. The molecule has 3 N–H and O–H groups in total. The lowest BCUT2D eigenvalue weighted by Crippen LogP contribution is -2.05. The van der Waals surface area contributed by atoms with E-state index in [1.54, 1.807) is 6.07 Å². The van der Waals surface area contributed by atoms with Crippen LogP contribution in [0.4, 0.5) is 11.4 Å². The third kappa shape index (κ3) is 2.10. The number of aromatic hydroxyl groups is 1. The van der Waals surface area contributed by atoms with Crippen LogP contribution in [-0.2, 0) is 0 Å². The molecule has 1 rings (SSSR count). The first-order chi connectivity index (χ1) is 6.70. The summed E-state index contributed by atoms with van der Waals surface area (Å²) in [6.07, 6.45) is 0. The Balaban J connectivity index is 3.08. The van der Waals surface area contributed by atoms with Crippen molar-refractivity contribution in [3.05, 3.63) is 17.7 Å². The number of hydrogen-bond acceptors (Lipinski definition) is 3. The fourth-order valence-electron chi connectivity index (χ4n) is 1.44. The Morgan fingerprint density at radius 2 is 1.79 bits per heavy atom. The van der Waals surface area contributed by atoms with Crippen LogP contribution in [0.15, 0.2) is 12.1 Å². The van der Waals surface area contributed by atoms with Gasteiger partial charge in [0.2, 0.25) is 0 Å². The molecule has 0 saturated carbocycles. The van der Waals surface area contributed by atoms with E-state index >= 15 is 0 Å². The highest BCUT2D eigenvalue weighted by Gasteiger charge is 2.07. The van der Waals surface area contributed by atoms with Crippen molar-refractivity contribution in [2.75, 3.05) is 23.7 Å². The molecule has 0 aliphatic heterocycles. The molecule has 0 radical (unpaired) electrons. The minimum Gasteiger partial charge on any atom is -0.508 e. The minimum absolute atomic E-state index is 0.336. The Kier molecular flexibility index (Phi) is 3.63. The zero-order chi connectivity index (χ0) is 10.6. The van der Waals surface area contributed by atoms with Gasteiger partial charge >= 0.3 is 0 Å². The van der Waals surface area contributed by atoms with Crippen molar-refractivity contribution in [2.45, 2.75) is 20.8 Å². The van der Waals surface area contributed by atoms with Gasteiger partial charge in [0.15, 0.2) is 0 Å². The van der Waals surface area contributed by atoms with Crippen molar-refractivity contribution < 1.29 is 5.11 Å². The van der Waals surface area contributed by atoms with Crippen molar-refractivity contribution in [3.8, 4) is 5.75 Å². The first-order valence-corrected chi connectivity index (χ1v) is 5.01. The van der Waals surface area contributed by atoms with Crippen molar-refractivity contribution in [2.24, 2.45) is 0 Å². The van der Waals surface area contributed by atoms with Crippen LogP contribution in [0.1, 0.15) is 19.4 Å². The van der Waals surface area contributed by atoms with Crippen molar-refractivity contribution >= 4 is 11.4 Å². The van der Waals surface area contributed by atoms with E-state index < -0.39 is 0 Å². The number of rotatable bonds is 4. The van der Waals surface area contributed by atoms with Gasteiger partial charge in [-0.05, 0) is 32.9 Å². The average molecular weight is 194 g/mol. The van der Waals surface area contributed by atoms with Crippen molar-refractivity contribution in [1.29, 1.82) is 0 Å². The van der Waals surface area contributed by atoms with Crippen molar-refractivity contribution in [3.63, 3.8) is 0 Å². The molecule has 1 aromatic carbocycles. The van der Waals surface area contributed by atoms with Crippen LogP contribution in [-0.4, -0.2) is 18.2 Å².